The van der Waals surface area contributed by atoms with Crippen LogP contribution in [-0.2, 0) is 12.8 Å². The second kappa shape index (κ2) is 13.8. The maximum absolute atomic E-state index is 15.4. The highest BCUT2D eigenvalue weighted by Crippen LogP contribution is 2.39. The van der Waals surface area contributed by atoms with Gasteiger partial charge in [0, 0.05) is 5.39 Å². The van der Waals surface area contributed by atoms with E-state index in [1.165, 1.54) is 69.8 Å². The molecule has 0 aromatic heterocycles. The average molecular weight is 565 g/mol. The van der Waals surface area contributed by atoms with E-state index >= 15 is 4.39 Å². The molecule has 7 heteroatoms. The number of aryl methyl sites for hydroxylation is 2. The van der Waals surface area contributed by atoms with Gasteiger partial charge in [-0.15, -0.1) is 0 Å². The summed E-state index contributed by atoms with van der Waals surface area (Å²) in [6.45, 7) is 0.452. The summed E-state index contributed by atoms with van der Waals surface area (Å²) in [6, 6.07) is 11.4. The fourth-order valence-corrected chi connectivity index (χ4v) is 5.95. The molecule has 0 saturated heterocycles. The van der Waals surface area contributed by atoms with Gasteiger partial charge in [-0.1, -0.05) is 75.8 Å². The zero-order chi connectivity index (χ0) is 28.7. The van der Waals surface area contributed by atoms with Gasteiger partial charge in [-0.05, 0) is 84.6 Å². The van der Waals surface area contributed by atoms with Gasteiger partial charge < -0.3 is 4.74 Å². The number of alkyl halides is 3. The Morgan fingerprint density at radius 1 is 0.800 bits per heavy atom. The minimum atomic E-state index is -4.71. The highest BCUT2D eigenvalue weighted by atomic mass is 19.4. The molecule has 0 spiro atoms. The first kappa shape index (κ1) is 30.3. The zero-order valence-electron chi connectivity index (χ0n) is 23.1. The van der Waals surface area contributed by atoms with Gasteiger partial charge in [-0.3, -0.25) is 0 Å². The van der Waals surface area contributed by atoms with E-state index in [-0.39, 0.29) is 24.2 Å². The number of ether oxygens (including phenoxy) is 1. The molecule has 4 rings (SSSR count). The molecule has 1 saturated carbocycles. The van der Waals surface area contributed by atoms with E-state index in [1.807, 2.05) is 18.2 Å². The van der Waals surface area contributed by atoms with Crippen LogP contribution in [-0.4, -0.2) is 12.8 Å². The third-order valence-electron chi connectivity index (χ3n) is 8.21. The normalized spacial score (nSPS) is 17.9. The predicted octanol–water partition coefficient (Wildman–Crippen LogP) is 10.6. The van der Waals surface area contributed by atoms with Gasteiger partial charge in [-0.2, -0.15) is 13.2 Å². The van der Waals surface area contributed by atoms with Crippen molar-refractivity contribution in [1.29, 1.82) is 0 Å². The fraction of sp³-hybridized carbons (Fsp3) is 0.515. The van der Waals surface area contributed by atoms with E-state index in [9.17, 15) is 22.0 Å². The molecule has 1 aliphatic rings. The lowest BCUT2D eigenvalue weighted by Crippen LogP contribution is -2.20. The largest absolute Gasteiger partial charge is 0.478 e. The van der Waals surface area contributed by atoms with Crippen molar-refractivity contribution in [3.63, 3.8) is 0 Å². The summed E-state index contributed by atoms with van der Waals surface area (Å²) in [5, 5.41) is 1.34. The topological polar surface area (TPSA) is 9.23 Å². The Kier molecular flexibility index (Phi) is 10.4. The number of fused-ring (bicyclic) bond motifs is 1. The second-order valence-electron chi connectivity index (χ2n) is 11.2. The quantitative estimate of drug-likeness (QED) is 0.157. The fourth-order valence-electron chi connectivity index (χ4n) is 5.95. The van der Waals surface area contributed by atoms with Crippen molar-refractivity contribution in [2.75, 3.05) is 6.61 Å². The number of benzene rings is 3. The lowest BCUT2D eigenvalue weighted by molar-refractivity contribution is -0.154. The van der Waals surface area contributed by atoms with Gasteiger partial charge in [-0.25, -0.2) is 13.2 Å². The predicted molar refractivity (Wildman–Crippen MR) is 147 cm³/mol. The number of halogens is 6. The standard InChI is InChI=1S/C33H38F6O/c1-2-3-4-5-6-7-22-8-11-24(12-9-22)26-16-17-28-27(20-26)15-14-25(31(28)36)13-10-23-18-29(34)32(30(35)19-23)40-21-33(37,38)39/h14-20,22,24H,2-13,21H2,1H3. The number of hydrogen-bond donors (Lipinski definition) is 0. The van der Waals surface area contributed by atoms with Crippen LogP contribution in [0.3, 0.4) is 0 Å². The van der Waals surface area contributed by atoms with Crippen molar-refractivity contribution in [2.45, 2.75) is 96.1 Å². The molecule has 1 nitrogen and oxygen atoms in total. The molecule has 0 bridgehead atoms. The van der Waals surface area contributed by atoms with Crippen LogP contribution >= 0.6 is 0 Å². The lowest BCUT2D eigenvalue weighted by Gasteiger charge is -2.29. The monoisotopic (exact) mass is 564 g/mol. The van der Waals surface area contributed by atoms with Crippen molar-refractivity contribution in [2.24, 2.45) is 5.92 Å². The Morgan fingerprint density at radius 3 is 2.17 bits per heavy atom. The Morgan fingerprint density at radius 2 is 1.50 bits per heavy atom. The SMILES string of the molecule is CCCCCCCC1CCC(c2ccc3c(F)c(CCc4cc(F)c(OCC(F)(F)F)c(F)c4)ccc3c2)CC1. The Balaban J connectivity index is 1.35. The summed E-state index contributed by atoms with van der Waals surface area (Å²) in [5.41, 5.74) is 1.87. The highest BCUT2D eigenvalue weighted by molar-refractivity contribution is 5.84. The minimum absolute atomic E-state index is 0.121. The van der Waals surface area contributed by atoms with E-state index in [1.54, 1.807) is 6.07 Å². The molecule has 3 aromatic carbocycles. The molecule has 40 heavy (non-hydrogen) atoms. The first-order valence-corrected chi connectivity index (χ1v) is 14.5. The molecular weight excluding hydrogens is 526 g/mol. The molecule has 0 amide bonds. The summed E-state index contributed by atoms with van der Waals surface area (Å²) < 4.78 is 85.0. The van der Waals surface area contributed by atoms with Crippen LogP contribution in [0.1, 0.15) is 93.7 Å². The number of unbranched alkanes of at least 4 members (excludes halogenated alkanes) is 4. The second-order valence-corrected chi connectivity index (χ2v) is 11.2. The Bertz CT molecular complexity index is 1240. The van der Waals surface area contributed by atoms with Crippen LogP contribution in [0.4, 0.5) is 26.3 Å². The van der Waals surface area contributed by atoms with Crippen LogP contribution in [0.2, 0.25) is 0 Å². The molecule has 218 valence electrons. The number of hydrogen-bond acceptors (Lipinski definition) is 1. The number of rotatable bonds is 12. The van der Waals surface area contributed by atoms with Crippen molar-refractivity contribution in [3.8, 4) is 5.75 Å². The van der Waals surface area contributed by atoms with E-state index in [4.69, 9.17) is 0 Å². The van der Waals surface area contributed by atoms with Gasteiger partial charge in [0.2, 0.25) is 0 Å². The third kappa shape index (κ3) is 8.17. The van der Waals surface area contributed by atoms with Gasteiger partial charge >= 0.3 is 6.18 Å². The molecule has 1 aliphatic carbocycles. The van der Waals surface area contributed by atoms with Crippen LogP contribution < -0.4 is 4.74 Å². The van der Waals surface area contributed by atoms with E-state index in [0.29, 0.717) is 16.9 Å². The maximum atomic E-state index is 15.4. The van der Waals surface area contributed by atoms with E-state index in [0.717, 1.165) is 23.4 Å². The first-order valence-electron chi connectivity index (χ1n) is 14.5. The first-order chi connectivity index (χ1) is 19.1. The van der Waals surface area contributed by atoms with Crippen molar-refractivity contribution in [1.82, 2.24) is 0 Å². The smallest absolute Gasteiger partial charge is 0.422 e. The van der Waals surface area contributed by atoms with Gasteiger partial charge in [0.25, 0.3) is 0 Å². The van der Waals surface area contributed by atoms with Crippen molar-refractivity contribution in [3.05, 3.63) is 76.6 Å². The third-order valence-corrected chi connectivity index (χ3v) is 8.21. The Hall–Kier alpha value is -2.70. The molecular formula is C33H38F6O. The van der Waals surface area contributed by atoms with Crippen molar-refractivity contribution < 1.29 is 31.1 Å². The van der Waals surface area contributed by atoms with E-state index in [2.05, 4.69) is 17.7 Å². The van der Waals surface area contributed by atoms with Crippen LogP contribution in [0.15, 0.2) is 42.5 Å². The summed E-state index contributed by atoms with van der Waals surface area (Å²) in [4.78, 5) is 0. The van der Waals surface area contributed by atoms with Crippen LogP contribution in [0, 0.1) is 23.4 Å². The minimum Gasteiger partial charge on any atom is -0.478 e. The summed E-state index contributed by atoms with van der Waals surface area (Å²) in [7, 11) is 0. The summed E-state index contributed by atoms with van der Waals surface area (Å²) >= 11 is 0. The Labute approximate surface area is 232 Å². The molecule has 0 heterocycles. The molecule has 0 unspecified atom stereocenters. The molecule has 1 fully saturated rings. The van der Waals surface area contributed by atoms with E-state index < -0.39 is 30.2 Å². The zero-order valence-corrected chi connectivity index (χ0v) is 23.1. The lowest BCUT2D eigenvalue weighted by atomic mass is 9.76. The van der Waals surface area contributed by atoms with Crippen LogP contribution in [0.5, 0.6) is 5.75 Å². The van der Waals surface area contributed by atoms with Gasteiger partial charge in [0.05, 0.1) is 0 Å². The average Bonchev–Trinajstić information content (AvgIpc) is 2.92. The van der Waals surface area contributed by atoms with Crippen LogP contribution in [0.25, 0.3) is 10.8 Å². The highest BCUT2D eigenvalue weighted by Gasteiger charge is 2.30. The van der Waals surface area contributed by atoms with Gasteiger partial charge in [0.1, 0.15) is 5.82 Å². The molecule has 0 N–H and O–H groups in total. The summed E-state index contributed by atoms with van der Waals surface area (Å²) in [6.07, 6.45) is 8.38. The van der Waals surface area contributed by atoms with Gasteiger partial charge in [0.15, 0.2) is 24.0 Å². The maximum Gasteiger partial charge on any atom is 0.422 e. The molecule has 0 aliphatic heterocycles. The van der Waals surface area contributed by atoms with Crippen molar-refractivity contribution >= 4 is 10.8 Å². The molecule has 0 radical (unpaired) electrons. The molecule has 3 aromatic rings. The molecule has 0 atom stereocenters. The summed E-state index contributed by atoms with van der Waals surface area (Å²) in [5.74, 6) is -2.54.